The molecule has 6 nitrogen and oxygen atoms in total. The predicted octanol–water partition coefficient (Wildman–Crippen LogP) is 1.46. The summed E-state index contributed by atoms with van der Waals surface area (Å²) in [7, 11) is 0. The highest BCUT2D eigenvalue weighted by Crippen LogP contribution is 2.11. The second-order valence-corrected chi connectivity index (χ2v) is 5.38. The molecule has 0 saturated heterocycles. The van der Waals surface area contributed by atoms with E-state index in [-0.39, 0.29) is 5.69 Å². The fourth-order valence-electron chi connectivity index (χ4n) is 2.40. The van der Waals surface area contributed by atoms with Crippen LogP contribution in [0.15, 0.2) is 60.9 Å². The highest BCUT2D eigenvalue weighted by Gasteiger charge is 2.20. The summed E-state index contributed by atoms with van der Waals surface area (Å²) in [6.07, 6.45) is 3.61. The second kappa shape index (κ2) is 6.87. The highest BCUT2D eigenvalue weighted by atomic mass is 16.2. The number of pyridine rings is 2. The average Bonchev–Trinajstić information content (AvgIpc) is 2.61. The first-order valence-corrected chi connectivity index (χ1v) is 7.48. The van der Waals surface area contributed by atoms with E-state index in [0.29, 0.717) is 11.9 Å². The molecule has 0 saturated carbocycles. The van der Waals surface area contributed by atoms with E-state index in [1.54, 1.807) is 30.6 Å². The van der Waals surface area contributed by atoms with Gasteiger partial charge in [-0.3, -0.25) is 14.6 Å². The third-order valence-electron chi connectivity index (χ3n) is 3.65. The number of nitrogens with two attached hydrogens (primary N) is 1. The SMILES string of the molecule is NC(=O)C(Cc1ccccc1)NC(=O)c1ccc2cnccc2n1. The molecule has 24 heavy (non-hydrogen) atoms. The van der Waals surface area contributed by atoms with Crippen molar-refractivity contribution in [1.29, 1.82) is 0 Å². The Bertz CT molecular complexity index is 880. The van der Waals surface area contributed by atoms with Gasteiger partial charge in [0.25, 0.3) is 5.91 Å². The summed E-state index contributed by atoms with van der Waals surface area (Å²) in [5.41, 5.74) is 7.23. The van der Waals surface area contributed by atoms with E-state index in [0.717, 1.165) is 10.9 Å². The van der Waals surface area contributed by atoms with Gasteiger partial charge in [0.15, 0.2) is 0 Å². The standard InChI is InChI=1S/C18H16N4O2/c19-17(23)16(10-12-4-2-1-3-5-12)22-18(24)15-7-6-13-11-20-9-8-14(13)21-15/h1-9,11,16H,10H2,(H2,19,23)(H,22,24). The van der Waals surface area contributed by atoms with Gasteiger partial charge in [-0.25, -0.2) is 4.98 Å². The molecule has 2 aromatic heterocycles. The Balaban J connectivity index is 1.78. The molecule has 0 radical (unpaired) electrons. The van der Waals surface area contributed by atoms with Crippen molar-refractivity contribution in [3.8, 4) is 0 Å². The molecule has 1 aromatic carbocycles. The molecule has 1 atom stereocenters. The van der Waals surface area contributed by atoms with Gasteiger partial charge in [0.2, 0.25) is 5.91 Å². The number of hydrogen-bond donors (Lipinski definition) is 2. The number of hydrogen-bond acceptors (Lipinski definition) is 4. The lowest BCUT2D eigenvalue weighted by molar-refractivity contribution is -0.119. The zero-order valence-corrected chi connectivity index (χ0v) is 12.8. The second-order valence-electron chi connectivity index (χ2n) is 5.38. The van der Waals surface area contributed by atoms with Gasteiger partial charge in [-0.1, -0.05) is 30.3 Å². The van der Waals surface area contributed by atoms with Gasteiger partial charge in [-0.2, -0.15) is 0 Å². The van der Waals surface area contributed by atoms with E-state index in [9.17, 15) is 9.59 Å². The summed E-state index contributed by atoms with van der Waals surface area (Å²) < 4.78 is 0. The molecule has 0 aliphatic rings. The molecule has 0 fully saturated rings. The number of benzene rings is 1. The molecule has 6 heteroatoms. The van der Waals surface area contributed by atoms with Crippen molar-refractivity contribution in [2.45, 2.75) is 12.5 Å². The number of primary amides is 1. The Kier molecular flexibility index (Phi) is 4.47. The highest BCUT2D eigenvalue weighted by molar-refractivity contribution is 5.97. The molecule has 0 aliphatic heterocycles. The summed E-state index contributed by atoms with van der Waals surface area (Å²) in [5, 5.41) is 3.49. The van der Waals surface area contributed by atoms with E-state index >= 15 is 0 Å². The van der Waals surface area contributed by atoms with Crippen LogP contribution in [0.4, 0.5) is 0 Å². The van der Waals surface area contributed by atoms with Crippen molar-refractivity contribution in [2.24, 2.45) is 5.73 Å². The molecular formula is C18H16N4O2. The van der Waals surface area contributed by atoms with Crippen LogP contribution in [0, 0.1) is 0 Å². The minimum Gasteiger partial charge on any atom is -0.368 e. The largest absolute Gasteiger partial charge is 0.368 e. The molecule has 2 amide bonds. The zero-order chi connectivity index (χ0) is 16.9. The van der Waals surface area contributed by atoms with Crippen molar-refractivity contribution in [1.82, 2.24) is 15.3 Å². The van der Waals surface area contributed by atoms with Crippen LogP contribution in [-0.2, 0) is 11.2 Å². The number of nitrogens with one attached hydrogen (secondary N) is 1. The van der Waals surface area contributed by atoms with Crippen LogP contribution in [0.1, 0.15) is 16.1 Å². The molecule has 0 spiro atoms. The Morgan fingerprint density at radius 2 is 1.88 bits per heavy atom. The molecule has 120 valence electrons. The van der Waals surface area contributed by atoms with Gasteiger partial charge in [0.1, 0.15) is 11.7 Å². The van der Waals surface area contributed by atoms with Crippen molar-refractivity contribution in [3.05, 3.63) is 72.2 Å². The van der Waals surface area contributed by atoms with Gasteiger partial charge in [0, 0.05) is 24.2 Å². The minimum absolute atomic E-state index is 0.230. The number of fused-ring (bicyclic) bond motifs is 1. The van der Waals surface area contributed by atoms with Crippen LogP contribution in [0.25, 0.3) is 10.9 Å². The van der Waals surface area contributed by atoms with Gasteiger partial charge in [-0.05, 0) is 23.8 Å². The maximum Gasteiger partial charge on any atom is 0.270 e. The third kappa shape index (κ3) is 3.55. The van der Waals surface area contributed by atoms with E-state index in [2.05, 4.69) is 15.3 Å². The topological polar surface area (TPSA) is 98.0 Å². The van der Waals surface area contributed by atoms with Crippen LogP contribution in [-0.4, -0.2) is 27.8 Å². The first kappa shape index (κ1) is 15.6. The lowest BCUT2D eigenvalue weighted by Gasteiger charge is -2.15. The Morgan fingerprint density at radius 3 is 2.62 bits per heavy atom. The lowest BCUT2D eigenvalue weighted by Crippen LogP contribution is -2.46. The van der Waals surface area contributed by atoms with Crippen LogP contribution in [0.5, 0.6) is 0 Å². The Morgan fingerprint density at radius 1 is 1.08 bits per heavy atom. The van der Waals surface area contributed by atoms with Crippen LogP contribution in [0.2, 0.25) is 0 Å². The van der Waals surface area contributed by atoms with E-state index in [1.165, 1.54) is 0 Å². The fourth-order valence-corrected chi connectivity index (χ4v) is 2.40. The zero-order valence-electron chi connectivity index (χ0n) is 12.8. The van der Waals surface area contributed by atoms with E-state index in [1.807, 2.05) is 30.3 Å². The summed E-state index contributed by atoms with van der Waals surface area (Å²) in [5.74, 6) is -1.02. The molecule has 3 aromatic rings. The number of amides is 2. The van der Waals surface area contributed by atoms with E-state index < -0.39 is 17.9 Å². The molecule has 0 bridgehead atoms. The number of carbonyl (C=O) groups excluding carboxylic acids is 2. The average molecular weight is 320 g/mol. The quantitative estimate of drug-likeness (QED) is 0.743. The van der Waals surface area contributed by atoms with Crippen LogP contribution >= 0.6 is 0 Å². The third-order valence-corrected chi connectivity index (χ3v) is 3.65. The van der Waals surface area contributed by atoms with Crippen molar-refractivity contribution < 1.29 is 9.59 Å². The predicted molar refractivity (Wildman–Crippen MR) is 90.1 cm³/mol. The molecule has 2 heterocycles. The summed E-state index contributed by atoms with van der Waals surface area (Å²) in [4.78, 5) is 32.4. The van der Waals surface area contributed by atoms with Crippen LogP contribution < -0.4 is 11.1 Å². The molecule has 3 rings (SSSR count). The summed E-state index contributed by atoms with van der Waals surface area (Å²) in [6.45, 7) is 0. The molecular weight excluding hydrogens is 304 g/mol. The Labute approximate surface area is 138 Å². The monoisotopic (exact) mass is 320 g/mol. The molecule has 3 N–H and O–H groups in total. The number of nitrogens with zero attached hydrogens (tertiary/aromatic N) is 2. The van der Waals surface area contributed by atoms with Crippen molar-refractivity contribution >= 4 is 22.7 Å². The molecule has 0 aliphatic carbocycles. The van der Waals surface area contributed by atoms with Crippen LogP contribution in [0.3, 0.4) is 0 Å². The minimum atomic E-state index is -0.796. The van der Waals surface area contributed by atoms with Gasteiger partial charge in [0.05, 0.1) is 5.52 Å². The first-order chi connectivity index (χ1) is 11.6. The lowest BCUT2D eigenvalue weighted by atomic mass is 10.1. The van der Waals surface area contributed by atoms with Gasteiger partial charge >= 0.3 is 0 Å². The maximum atomic E-state index is 12.4. The summed E-state index contributed by atoms with van der Waals surface area (Å²) in [6, 6.07) is 13.7. The van der Waals surface area contributed by atoms with Crippen molar-refractivity contribution in [2.75, 3.05) is 0 Å². The van der Waals surface area contributed by atoms with Crippen molar-refractivity contribution in [3.63, 3.8) is 0 Å². The summed E-state index contributed by atoms with van der Waals surface area (Å²) >= 11 is 0. The molecule has 1 unspecified atom stereocenters. The Hall–Kier alpha value is -3.28. The van der Waals surface area contributed by atoms with Gasteiger partial charge < -0.3 is 11.1 Å². The number of carbonyl (C=O) groups is 2. The maximum absolute atomic E-state index is 12.4. The first-order valence-electron chi connectivity index (χ1n) is 7.48. The smallest absolute Gasteiger partial charge is 0.270 e. The van der Waals surface area contributed by atoms with E-state index in [4.69, 9.17) is 5.73 Å². The number of aromatic nitrogens is 2. The fraction of sp³-hybridized carbons (Fsp3) is 0.111. The normalized spacial score (nSPS) is 11.8. The number of rotatable bonds is 5. The van der Waals surface area contributed by atoms with Gasteiger partial charge in [-0.15, -0.1) is 0 Å².